The summed E-state index contributed by atoms with van der Waals surface area (Å²) in [6, 6.07) is 8.75. The highest BCUT2D eigenvalue weighted by Gasteiger charge is 2.27. The molecule has 0 bridgehead atoms. The molecule has 2 heteroatoms. The summed E-state index contributed by atoms with van der Waals surface area (Å²) >= 11 is 0. The fourth-order valence-corrected chi connectivity index (χ4v) is 3.07. The van der Waals surface area contributed by atoms with Crippen LogP contribution in [0.5, 0.6) is 0 Å². The molecule has 0 heterocycles. The first-order chi connectivity index (χ1) is 9.60. The second kappa shape index (κ2) is 7.24. The summed E-state index contributed by atoms with van der Waals surface area (Å²) in [5, 5.41) is 3.27. The molecule has 0 amide bonds. The molecule has 0 aliphatic heterocycles. The molecule has 0 spiro atoms. The van der Waals surface area contributed by atoms with Crippen molar-refractivity contribution in [2.45, 2.75) is 52.2 Å². The van der Waals surface area contributed by atoms with Crippen LogP contribution >= 0.6 is 0 Å². The van der Waals surface area contributed by atoms with Crippen molar-refractivity contribution >= 4 is 0 Å². The van der Waals surface area contributed by atoms with E-state index in [9.17, 15) is 0 Å². The SMILES string of the molecule is CNCC(OC1CCC(C)C(C)C1)c1ccc(C)cc1. The molecule has 1 fully saturated rings. The number of benzene rings is 1. The monoisotopic (exact) mass is 275 g/mol. The molecule has 2 rings (SSSR count). The molecule has 4 unspecified atom stereocenters. The van der Waals surface area contributed by atoms with Gasteiger partial charge in [-0.25, -0.2) is 0 Å². The fourth-order valence-electron chi connectivity index (χ4n) is 3.07. The van der Waals surface area contributed by atoms with Crippen LogP contribution in [0.3, 0.4) is 0 Å². The Morgan fingerprint density at radius 2 is 1.85 bits per heavy atom. The molecular weight excluding hydrogens is 246 g/mol. The lowest BCUT2D eigenvalue weighted by Gasteiger charge is -2.34. The molecule has 0 radical (unpaired) electrons. The Morgan fingerprint density at radius 3 is 2.45 bits per heavy atom. The van der Waals surface area contributed by atoms with Gasteiger partial charge in [-0.05, 0) is 50.6 Å². The number of ether oxygens (including phenoxy) is 1. The van der Waals surface area contributed by atoms with Gasteiger partial charge in [0, 0.05) is 6.54 Å². The van der Waals surface area contributed by atoms with Crippen molar-refractivity contribution in [1.82, 2.24) is 5.32 Å². The standard InChI is InChI=1S/C18H29NO/c1-13-5-8-16(9-6-13)18(12-19-4)20-17-10-7-14(2)15(3)11-17/h5-6,8-9,14-15,17-19H,7,10-12H2,1-4H3. The Balaban J connectivity index is 2.00. The van der Waals surface area contributed by atoms with Gasteiger partial charge in [-0.1, -0.05) is 43.7 Å². The molecular formula is C18H29NO. The topological polar surface area (TPSA) is 21.3 Å². The van der Waals surface area contributed by atoms with Crippen LogP contribution in [0.4, 0.5) is 0 Å². The summed E-state index contributed by atoms with van der Waals surface area (Å²) in [6.45, 7) is 7.73. The Hall–Kier alpha value is -0.860. The predicted octanol–water partition coefficient (Wildman–Crippen LogP) is 4.10. The highest BCUT2D eigenvalue weighted by molar-refractivity contribution is 5.23. The van der Waals surface area contributed by atoms with E-state index in [0.717, 1.165) is 18.4 Å². The molecule has 1 N–H and O–H groups in total. The second-order valence-corrected chi connectivity index (χ2v) is 6.48. The van der Waals surface area contributed by atoms with Gasteiger partial charge >= 0.3 is 0 Å². The van der Waals surface area contributed by atoms with E-state index in [1.807, 2.05) is 7.05 Å². The summed E-state index contributed by atoms with van der Waals surface area (Å²) in [7, 11) is 2.00. The first-order valence-corrected chi connectivity index (χ1v) is 7.96. The van der Waals surface area contributed by atoms with E-state index in [-0.39, 0.29) is 6.10 Å². The van der Waals surface area contributed by atoms with Crippen LogP contribution in [0.25, 0.3) is 0 Å². The molecule has 112 valence electrons. The normalized spacial score (nSPS) is 28.3. The summed E-state index contributed by atoms with van der Waals surface area (Å²) in [5.74, 6) is 1.62. The molecule has 1 aliphatic rings. The predicted molar refractivity (Wildman–Crippen MR) is 84.9 cm³/mol. The first kappa shape index (κ1) is 15.5. The molecule has 1 saturated carbocycles. The van der Waals surface area contributed by atoms with Crippen LogP contribution in [0.1, 0.15) is 50.3 Å². The number of hydrogen-bond donors (Lipinski definition) is 1. The summed E-state index contributed by atoms with van der Waals surface area (Å²) < 4.78 is 6.41. The highest BCUT2D eigenvalue weighted by atomic mass is 16.5. The van der Waals surface area contributed by atoms with Gasteiger partial charge in [-0.15, -0.1) is 0 Å². The number of hydrogen-bond acceptors (Lipinski definition) is 2. The van der Waals surface area contributed by atoms with E-state index >= 15 is 0 Å². The third-order valence-corrected chi connectivity index (χ3v) is 4.75. The third kappa shape index (κ3) is 4.07. The highest BCUT2D eigenvalue weighted by Crippen LogP contribution is 2.33. The number of rotatable bonds is 5. The van der Waals surface area contributed by atoms with Crippen molar-refractivity contribution in [3.8, 4) is 0 Å². The maximum absolute atomic E-state index is 6.41. The van der Waals surface area contributed by atoms with Crippen molar-refractivity contribution < 1.29 is 4.74 Å². The second-order valence-electron chi connectivity index (χ2n) is 6.48. The fraction of sp³-hybridized carbons (Fsp3) is 0.667. The molecule has 0 aromatic heterocycles. The van der Waals surface area contributed by atoms with Gasteiger partial charge < -0.3 is 10.1 Å². The lowest BCUT2D eigenvalue weighted by Crippen LogP contribution is -2.30. The minimum absolute atomic E-state index is 0.172. The Morgan fingerprint density at radius 1 is 1.15 bits per heavy atom. The molecule has 0 saturated heterocycles. The molecule has 20 heavy (non-hydrogen) atoms. The van der Waals surface area contributed by atoms with Crippen LogP contribution in [0, 0.1) is 18.8 Å². The van der Waals surface area contributed by atoms with Crippen molar-refractivity contribution in [1.29, 1.82) is 0 Å². The van der Waals surface area contributed by atoms with Gasteiger partial charge in [0.1, 0.15) is 0 Å². The Labute approximate surface area is 123 Å². The van der Waals surface area contributed by atoms with Crippen molar-refractivity contribution in [3.05, 3.63) is 35.4 Å². The minimum atomic E-state index is 0.172. The number of nitrogens with one attached hydrogen (secondary N) is 1. The Bertz CT molecular complexity index is 400. The third-order valence-electron chi connectivity index (χ3n) is 4.75. The van der Waals surface area contributed by atoms with E-state index in [0.29, 0.717) is 6.10 Å². The van der Waals surface area contributed by atoms with Crippen LogP contribution in [0.2, 0.25) is 0 Å². The molecule has 4 atom stereocenters. The van der Waals surface area contributed by atoms with Gasteiger partial charge in [0.15, 0.2) is 0 Å². The zero-order chi connectivity index (χ0) is 14.5. The van der Waals surface area contributed by atoms with Crippen molar-refractivity contribution in [3.63, 3.8) is 0 Å². The molecule has 1 aromatic carbocycles. The van der Waals surface area contributed by atoms with Crippen LogP contribution in [-0.2, 0) is 4.74 Å². The van der Waals surface area contributed by atoms with E-state index in [1.165, 1.54) is 30.4 Å². The van der Waals surface area contributed by atoms with E-state index in [1.54, 1.807) is 0 Å². The van der Waals surface area contributed by atoms with E-state index in [2.05, 4.69) is 50.4 Å². The average molecular weight is 275 g/mol. The van der Waals surface area contributed by atoms with Crippen LogP contribution in [-0.4, -0.2) is 19.7 Å². The van der Waals surface area contributed by atoms with Crippen molar-refractivity contribution in [2.75, 3.05) is 13.6 Å². The van der Waals surface area contributed by atoms with Crippen LogP contribution in [0.15, 0.2) is 24.3 Å². The van der Waals surface area contributed by atoms with Gasteiger partial charge in [-0.3, -0.25) is 0 Å². The zero-order valence-electron chi connectivity index (χ0n) is 13.4. The first-order valence-electron chi connectivity index (χ1n) is 7.96. The maximum Gasteiger partial charge on any atom is 0.0952 e. The van der Waals surface area contributed by atoms with E-state index < -0.39 is 0 Å². The summed E-state index contributed by atoms with van der Waals surface area (Å²) in [6.07, 6.45) is 4.30. The molecule has 1 aliphatic carbocycles. The van der Waals surface area contributed by atoms with Gasteiger partial charge in [-0.2, -0.15) is 0 Å². The van der Waals surface area contributed by atoms with Crippen LogP contribution < -0.4 is 5.32 Å². The van der Waals surface area contributed by atoms with Gasteiger partial charge in [0.2, 0.25) is 0 Å². The zero-order valence-corrected chi connectivity index (χ0v) is 13.4. The smallest absolute Gasteiger partial charge is 0.0952 e. The van der Waals surface area contributed by atoms with Crippen molar-refractivity contribution in [2.24, 2.45) is 11.8 Å². The summed E-state index contributed by atoms with van der Waals surface area (Å²) in [5.41, 5.74) is 2.59. The Kier molecular flexibility index (Phi) is 5.62. The molecule has 2 nitrogen and oxygen atoms in total. The largest absolute Gasteiger partial charge is 0.369 e. The summed E-state index contributed by atoms with van der Waals surface area (Å²) in [4.78, 5) is 0. The molecule has 1 aromatic rings. The van der Waals surface area contributed by atoms with E-state index in [4.69, 9.17) is 4.74 Å². The average Bonchev–Trinajstić information content (AvgIpc) is 2.43. The quantitative estimate of drug-likeness (QED) is 0.873. The number of aryl methyl sites for hydroxylation is 1. The minimum Gasteiger partial charge on any atom is -0.369 e. The lowest BCUT2D eigenvalue weighted by atomic mass is 9.80. The van der Waals surface area contributed by atoms with Gasteiger partial charge in [0.25, 0.3) is 0 Å². The maximum atomic E-state index is 6.41. The van der Waals surface area contributed by atoms with Gasteiger partial charge in [0.05, 0.1) is 12.2 Å². The number of likely N-dealkylation sites (N-methyl/N-ethyl adjacent to an activating group) is 1. The lowest BCUT2D eigenvalue weighted by molar-refractivity contribution is -0.0474.